The Morgan fingerprint density at radius 3 is 2.20 bits per heavy atom. The van der Waals surface area contributed by atoms with Gasteiger partial charge in [-0.2, -0.15) is 0 Å². The highest BCUT2D eigenvalue weighted by molar-refractivity contribution is 14.0. The van der Waals surface area contributed by atoms with Gasteiger partial charge in [0.15, 0.2) is 5.96 Å². The van der Waals surface area contributed by atoms with Gasteiger partial charge < -0.3 is 21.7 Å². The third kappa shape index (κ3) is 9.90. The number of guanidine groups is 1. The van der Waals surface area contributed by atoms with Crippen LogP contribution in [-0.2, 0) is 11.3 Å². The fraction of sp³-hybridized carbons (Fsp3) is 0.471. The van der Waals surface area contributed by atoms with E-state index in [1.807, 2.05) is 27.7 Å². The molecule has 25 heavy (non-hydrogen) atoms. The number of halogens is 1. The van der Waals surface area contributed by atoms with Crippen molar-refractivity contribution in [1.29, 1.82) is 0 Å². The molecule has 0 saturated heterocycles. The topological polar surface area (TPSA) is 109 Å². The lowest BCUT2D eigenvalue weighted by Gasteiger charge is -2.21. The van der Waals surface area contributed by atoms with Gasteiger partial charge in [-0.05, 0) is 45.4 Å². The molecule has 1 aromatic rings. The molecule has 2 amide bonds. The number of hydrogen-bond donors (Lipinski definition) is 4. The molecule has 0 spiro atoms. The van der Waals surface area contributed by atoms with Crippen LogP contribution in [0.4, 0.5) is 0 Å². The monoisotopic (exact) mass is 461 g/mol. The summed E-state index contributed by atoms with van der Waals surface area (Å²) in [6.07, 6.45) is 0. The Morgan fingerprint density at radius 1 is 1.12 bits per heavy atom. The number of amides is 2. The summed E-state index contributed by atoms with van der Waals surface area (Å²) in [6, 6.07) is 6.95. The standard InChI is InChI=1S/C17H27N5O2.HI/c1-5-19-16(21-11-14(23)22-17(2,3)4)20-10-12-6-8-13(9-7-12)15(18)24;/h6-9H,5,10-11H2,1-4H3,(H2,18,24)(H,22,23)(H2,19,20,21);1H. The van der Waals surface area contributed by atoms with E-state index >= 15 is 0 Å². The van der Waals surface area contributed by atoms with Gasteiger partial charge in [-0.1, -0.05) is 12.1 Å². The van der Waals surface area contributed by atoms with E-state index in [0.29, 0.717) is 24.6 Å². The Morgan fingerprint density at radius 2 is 1.72 bits per heavy atom. The van der Waals surface area contributed by atoms with Crippen LogP contribution in [0.1, 0.15) is 43.6 Å². The van der Waals surface area contributed by atoms with E-state index in [0.717, 1.165) is 5.56 Å². The van der Waals surface area contributed by atoms with Crippen molar-refractivity contribution in [3.8, 4) is 0 Å². The van der Waals surface area contributed by atoms with Crippen LogP contribution in [0.15, 0.2) is 29.3 Å². The minimum atomic E-state index is -0.454. The van der Waals surface area contributed by atoms with Crippen LogP contribution in [0.5, 0.6) is 0 Å². The van der Waals surface area contributed by atoms with E-state index in [1.165, 1.54) is 0 Å². The third-order valence-corrected chi connectivity index (χ3v) is 2.93. The van der Waals surface area contributed by atoms with Crippen LogP contribution in [0, 0.1) is 0 Å². The number of carbonyl (C=O) groups excluding carboxylic acids is 2. The van der Waals surface area contributed by atoms with Gasteiger partial charge >= 0.3 is 0 Å². The van der Waals surface area contributed by atoms with E-state index in [4.69, 9.17) is 5.73 Å². The van der Waals surface area contributed by atoms with Crippen LogP contribution in [0.2, 0.25) is 0 Å². The summed E-state index contributed by atoms with van der Waals surface area (Å²) in [5.41, 5.74) is 6.35. The SMILES string of the molecule is CCNC(=NCc1ccc(C(N)=O)cc1)NCC(=O)NC(C)(C)C.I. The Labute approximate surface area is 166 Å². The second-order valence-corrected chi connectivity index (χ2v) is 6.41. The van der Waals surface area contributed by atoms with Crippen LogP contribution in [0.3, 0.4) is 0 Å². The van der Waals surface area contributed by atoms with Gasteiger partial charge in [-0.15, -0.1) is 24.0 Å². The molecule has 5 N–H and O–H groups in total. The number of aliphatic imine (C=N–C) groups is 1. The minimum absolute atomic E-state index is 0. The van der Waals surface area contributed by atoms with Crippen LogP contribution in [-0.4, -0.2) is 36.4 Å². The fourth-order valence-corrected chi connectivity index (χ4v) is 1.91. The molecule has 0 bridgehead atoms. The zero-order chi connectivity index (χ0) is 18.2. The summed E-state index contributed by atoms with van der Waals surface area (Å²) >= 11 is 0. The Hall–Kier alpha value is -1.84. The average molecular weight is 461 g/mol. The molecule has 0 aliphatic heterocycles. The number of rotatable bonds is 6. The van der Waals surface area contributed by atoms with Crippen molar-refractivity contribution in [2.75, 3.05) is 13.1 Å². The maximum Gasteiger partial charge on any atom is 0.248 e. The second kappa shape index (κ2) is 10.9. The normalized spacial score (nSPS) is 11.3. The van der Waals surface area contributed by atoms with Crippen molar-refractivity contribution in [2.24, 2.45) is 10.7 Å². The first-order valence-corrected chi connectivity index (χ1v) is 7.93. The molecule has 0 atom stereocenters. The summed E-state index contributed by atoms with van der Waals surface area (Å²) in [7, 11) is 0. The first-order chi connectivity index (χ1) is 11.2. The number of primary amides is 1. The largest absolute Gasteiger partial charge is 0.366 e. The molecule has 0 unspecified atom stereocenters. The van der Waals surface area contributed by atoms with Crippen molar-refractivity contribution >= 4 is 41.8 Å². The molecule has 0 aromatic heterocycles. The molecule has 1 rings (SSSR count). The van der Waals surface area contributed by atoms with E-state index in [1.54, 1.807) is 24.3 Å². The third-order valence-electron chi connectivity index (χ3n) is 2.93. The molecular weight excluding hydrogens is 433 g/mol. The maximum atomic E-state index is 11.8. The Balaban J connectivity index is 0.00000576. The number of benzene rings is 1. The molecule has 8 heteroatoms. The average Bonchev–Trinajstić information content (AvgIpc) is 2.48. The lowest BCUT2D eigenvalue weighted by atomic mass is 10.1. The summed E-state index contributed by atoms with van der Waals surface area (Å²) < 4.78 is 0. The molecule has 0 radical (unpaired) electrons. The first kappa shape index (κ1) is 23.2. The van der Waals surface area contributed by atoms with Gasteiger partial charge in [-0.3, -0.25) is 9.59 Å². The highest BCUT2D eigenvalue weighted by Gasteiger charge is 2.13. The molecule has 0 aliphatic rings. The van der Waals surface area contributed by atoms with Crippen LogP contribution < -0.4 is 21.7 Å². The number of nitrogens with zero attached hydrogens (tertiary/aromatic N) is 1. The van der Waals surface area contributed by atoms with E-state index in [-0.39, 0.29) is 42.0 Å². The Bertz CT molecular complexity index is 594. The molecule has 7 nitrogen and oxygen atoms in total. The first-order valence-electron chi connectivity index (χ1n) is 7.93. The highest BCUT2D eigenvalue weighted by atomic mass is 127. The zero-order valence-corrected chi connectivity index (χ0v) is 17.5. The number of hydrogen-bond acceptors (Lipinski definition) is 3. The molecule has 140 valence electrons. The van der Waals surface area contributed by atoms with Crippen molar-refractivity contribution in [3.63, 3.8) is 0 Å². The summed E-state index contributed by atoms with van der Waals surface area (Å²) in [4.78, 5) is 27.3. The summed E-state index contributed by atoms with van der Waals surface area (Å²) in [5, 5.41) is 8.96. The van der Waals surface area contributed by atoms with Crippen LogP contribution in [0.25, 0.3) is 0 Å². The van der Waals surface area contributed by atoms with Gasteiger partial charge in [-0.25, -0.2) is 4.99 Å². The van der Waals surface area contributed by atoms with Crippen LogP contribution >= 0.6 is 24.0 Å². The predicted molar refractivity (Wildman–Crippen MR) is 111 cm³/mol. The molecule has 0 heterocycles. The summed E-state index contributed by atoms with van der Waals surface area (Å²) in [5.74, 6) is 0.00404. The quantitative estimate of drug-likeness (QED) is 0.292. The Kier molecular flexibility index (Phi) is 10.1. The predicted octanol–water partition coefficient (Wildman–Crippen LogP) is 1.37. The van der Waals surface area contributed by atoms with Gasteiger partial charge in [0.05, 0.1) is 13.1 Å². The number of nitrogens with one attached hydrogen (secondary N) is 3. The smallest absolute Gasteiger partial charge is 0.248 e. The number of carbonyl (C=O) groups is 2. The molecule has 0 aliphatic carbocycles. The zero-order valence-electron chi connectivity index (χ0n) is 15.2. The van der Waals surface area contributed by atoms with Crippen molar-refractivity contribution in [3.05, 3.63) is 35.4 Å². The maximum absolute atomic E-state index is 11.8. The molecular formula is C17H28IN5O2. The van der Waals surface area contributed by atoms with Crippen molar-refractivity contribution < 1.29 is 9.59 Å². The second-order valence-electron chi connectivity index (χ2n) is 6.41. The van der Waals surface area contributed by atoms with Gasteiger partial charge in [0.2, 0.25) is 11.8 Å². The van der Waals surface area contributed by atoms with E-state index in [9.17, 15) is 9.59 Å². The van der Waals surface area contributed by atoms with E-state index in [2.05, 4.69) is 20.9 Å². The lowest BCUT2D eigenvalue weighted by molar-refractivity contribution is -0.121. The van der Waals surface area contributed by atoms with Gasteiger partial charge in [0.1, 0.15) is 0 Å². The number of nitrogens with two attached hydrogens (primary N) is 1. The van der Waals surface area contributed by atoms with E-state index < -0.39 is 5.91 Å². The highest BCUT2D eigenvalue weighted by Crippen LogP contribution is 2.05. The fourth-order valence-electron chi connectivity index (χ4n) is 1.91. The van der Waals surface area contributed by atoms with Gasteiger partial charge in [0.25, 0.3) is 0 Å². The van der Waals surface area contributed by atoms with Gasteiger partial charge in [0, 0.05) is 17.6 Å². The lowest BCUT2D eigenvalue weighted by Crippen LogP contribution is -2.48. The molecule has 0 fully saturated rings. The molecule has 0 saturated carbocycles. The summed E-state index contributed by atoms with van der Waals surface area (Å²) in [6.45, 7) is 9.00. The van der Waals surface area contributed by atoms with Crippen molar-refractivity contribution in [1.82, 2.24) is 16.0 Å². The van der Waals surface area contributed by atoms with Crippen molar-refractivity contribution in [2.45, 2.75) is 39.8 Å². The molecule has 1 aromatic carbocycles. The minimum Gasteiger partial charge on any atom is -0.366 e.